The van der Waals surface area contributed by atoms with Crippen molar-refractivity contribution >= 4 is 11.9 Å². The number of hydrogen-bond donors (Lipinski definition) is 3. The summed E-state index contributed by atoms with van der Waals surface area (Å²) in [6, 6.07) is 5.34. The number of ether oxygens (including phenoxy) is 2. The second kappa shape index (κ2) is 9.15. The van der Waals surface area contributed by atoms with E-state index >= 15 is 0 Å². The van der Waals surface area contributed by atoms with E-state index in [-0.39, 0.29) is 30.3 Å². The quantitative estimate of drug-likeness (QED) is 0.656. The van der Waals surface area contributed by atoms with Crippen LogP contribution < -0.4 is 25.8 Å². The van der Waals surface area contributed by atoms with Gasteiger partial charge in [-0.3, -0.25) is 4.79 Å². The number of primary amides is 1. The van der Waals surface area contributed by atoms with Crippen LogP contribution in [-0.4, -0.2) is 31.7 Å². The number of urea groups is 1. The highest BCUT2D eigenvalue weighted by Gasteiger charge is 2.21. The number of fused-ring (bicyclic) bond motifs is 1. The van der Waals surface area contributed by atoms with E-state index in [1.54, 1.807) is 0 Å². The lowest BCUT2D eigenvalue weighted by molar-refractivity contribution is -0.118. The average Bonchev–Trinajstić information content (AvgIpc) is 2.80. The van der Waals surface area contributed by atoms with Gasteiger partial charge in [0.1, 0.15) is 0 Å². The Labute approximate surface area is 148 Å². The molecule has 0 radical (unpaired) electrons. The van der Waals surface area contributed by atoms with Gasteiger partial charge in [-0.05, 0) is 30.0 Å². The molecule has 25 heavy (non-hydrogen) atoms. The SMILES string of the molecule is CC(C)[C@@H](NC(=O)NCCCC(N)=O)c1ccc2c(c1)OCCCO2. The first-order chi connectivity index (χ1) is 12.0. The maximum absolute atomic E-state index is 12.1. The summed E-state index contributed by atoms with van der Waals surface area (Å²) in [5, 5.41) is 5.73. The molecule has 1 aromatic carbocycles. The van der Waals surface area contributed by atoms with E-state index in [1.807, 2.05) is 32.0 Å². The van der Waals surface area contributed by atoms with Crippen molar-refractivity contribution in [2.45, 2.75) is 39.2 Å². The van der Waals surface area contributed by atoms with Gasteiger partial charge >= 0.3 is 6.03 Å². The van der Waals surface area contributed by atoms with Crippen molar-refractivity contribution in [3.8, 4) is 11.5 Å². The highest BCUT2D eigenvalue weighted by molar-refractivity contribution is 5.75. The third-order valence-corrected chi connectivity index (χ3v) is 3.97. The Morgan fingerprint density at radius 1 is 1.20 bits per heavy atom. The Balaban J connectivity index is 1.99. The molecule has 0 aromatic heterocycles. The summed E-state index contributed by atoms with van der Waals surface area (Å²) in [7, 11) is 0. The Hall–Kier alpha value is -2.44. The molecule has 1 aliphatic rings. The summed E-state index contributed by atoms with van der Waals surface area (Å²) in [6.07, 6.45) is 1.64. The first-order valence-corrected chi connectivity index (χ1v) is 8.69. The Morgan fingerprint density at radius 2 is 1.92 bits per heavy atom. The molecular weight excluding hydrogens is 322 g/mol. The molecule has 0 unspecified atom stereocenters. The molecule has 1 aromatic rings. The first-order valence-electron chi connectivity index (χ1n) is 8.69. The lowest BCUT2D eigenvalue weighted by atomic mass is 9.96. The zero-order valence-electron chi connectivity index (χ0n) is 14.8. The van der Waals surface area contributed by atoms with Crippen molar-refractivity contribution in [1.82, 2.24) is 10.6 Å². The number of nitrogens with two attached hydrogens (primary N) is 1. The number of carbonyl (C=O) groups excluding carboxylic acids is 2. The molecule has 138 valence electrons. The van der Waals surface area contributed by atoms with Gasteiger partial charge in [0, 0.05) is 19.4 Å². The van der Waals surface area contributed by atoms with Crippen LogP contribution in [0.25, 0.3) is 0 Å². The molecule has 0 bridgehead atoms. The summed E-state index contributed by atoms with van der Waals surface area (Å²) in [5.41, 5.74) is 6.05. The van der Waals surface area contributed by atoms with Crippen LogP contribution in [0, 0.1) is 5.92 Å². The van der Waals surface area contributed by atoms with Crippen LogP contribution >= 0.6 is 0 Å². The summed E-state index contributed by atoms with van der Waals surface area (Å²) in [5.74, 6) is 1.28. The monoisotopic (exact) mass is 349 g/mol. The van der Waals surface area contributed by atoms with Gasteiger partial charge in [-0.15, -0.1) is 0 Å². The van der Waals surface area contributed by atoms with Crippen molar-refractivity contribution in [2.24, 2.45) is 11.7 Å². The van der Waals surface area contributed by atoms with E-state index in [4.69, 9.17) is 15.2 Å². The minimum absolute atomic E-state index is 0.159. The molecule has 7 heteroatoms. The van der Waals surface area contributed by atoms with Gasteiger partial charge in [0.05, 0.1) is 19.3 Å². The molecule has 4 N–H and O–H groups in total. The minimum Gasteiger partial charge on any atom is -0.490 e. The topological polar surface area (TPSA) is 103 Å². The van der Waals surface area contributed by atoms with E-state index in [2.05, 4.69) is 10.6 Å². The van der Waals surface area contributed by atoms with Gasteiger partial charge < -0.3 is 25.8 Å². The number of benzene rings is 1. The van der Waals surface area contributed by atoms with E-state index in [0.717, 1.165) is 17.7 Å². The van der Waals surface area contributed by atoms with Crippen LogP contribution in [0.3, 0.4) is 0 Å². The largest absolute Gasteiger partial charge is 0.490 e. The number of hydrogen-bond acceptors (Lipinski definition) is 4. The fourth-order valence-electron chi connectivity index (χ4n) is 2.67. The number of amides is 3. The molecule has 3 amide bonds. The number of rotatable bonds is 7. The lowest BCUT2D eigenvalue weighted by Gasteiger charge is -2.24. The number of carbonyl (C=O) groups is 2. The van der Waals surface area contributed by atoms with Crippen molar-refractivity contribution in [2.75, 3.05) is 19.8 Å². The van der Waals surface area contributed by atoms with Crippen LogP contribution in [0.15, 0.2) is 18.2 Å². The summed E-state index contributed by atoms with van der Waals surface area (Å²) < 4.78 is 11.4. The van der Waals surface area contributed by atoms with Crippen LogP contribution in [-0.2, 0) is 4.79 Å². The van der Waals surface area contributed by atoms with Gasteiger partial charge in [-0.25, -0.2) is 4.79 Å². The molecule has 0 saturated heterocycles. The highest BCUT2D eigenvalue weighted by atomic mass is 16.5. The molecule has 1 heterocycles. The first kappa shape index (κ1) is 18.9. The Kier molecular flexibility index (Phi) is 6.91. The second-order valence-corrected chi connectivity index (χ2v) is 6.45. The van der Waals surface area contributed by atoms with Gasteiger partial charge in [-0.1, -0.05) is 19.9 Å². The zero-order valence-corrected chi connectivity index (χ0v) is 14.8. The molecule has 1 atom stereocenters. The molecule has 1 aliphatic heterocycles. The van der Waals surface area contributed by atoms with Crippen molar-refractivity contribution in [3.05, 3.63) is 23.8 Å². The van der Waals surface area contributed by atoms with Crippen LogP contribution in [0.1, 0.15) is 44.7 Å². The Bertz CT molecular complexity index is 604. The van der Waals surface area contributed by atoms with E-state index in [0.29, 0.717) is 31.9 Å². The maximum atomic E-state index is 12.1. The van der Waals surface area contributed by atoms with E-state index < -0.39 is 0 Å². The molecule has 2 rings (SSSR count). The molecule has 0 saturated carbocycles. The highest BCUT2D eigenvalue weighted by Crippen LogP contribution is 2.34. The zero-order chi connectivity index (χ0) is 18.2. The maximum Gasteiger partial charge on any atom is 0.315 e. The predicted molar refractivity (Wildman–Crippen MR) is 94.6 cm³/mol. The van der Waals surface area contributed by atoms with Gasteiger partial charge in [-0.2, -0.15) is 0 Å². The van der Waals surface area contributed by atoms with Crippen molar-refractivity contribution in [3.63, 3.8) is 0 Å². The fraction of sp³-hybridized carbons (Fsp3) is 0.556. The minimum atomic E-state index is -0.366. The van der Waals surface area contributed by atoms with Crippen molar-refractivity contribution < 1.29 is 19.1 Å². The van der Waals surface area contributed by atoms with Crippen LogP contribution in [0.5, 0.6) is 11.5 Å². The van der Waals surface area contributed by atoms with E-state index in [9.17, 15) is 9.59 Å². The lowest BCUT2D eigenvalue weighted by Crippen LogP contribution is -2.40. The summed E-state index contributed by atoms with van der Waals surface area (Å²) in [6.45, 7) is 5.76. The van der Waals surface area contributed by atoms with Crippen LogP contribution in [0.2, 0.25) is 0 Å². The van der Waals surface area contributed by atoms with E-state index in [1.165, 1.54) is 0 Å². The fourth-order valence-corrected chi connectivity index (χ4v) is 2.67. The number of nitrogens with one attached hydrogen (secondary N) is 2. The molecular formula is C18H27N3O4. The summed E-state index contributed by atoms with van der Waals surface area (Å²) in [4.78, 5) is 22.8. The molecule has 0 aliphatic carbocycles. The van der Waals surface area contributed by atoms with Gasteiger partial charge in [0.15, 0.2) is 11.5 Å². The normalized spacial score (nSPS) is 14.5. The van der Waals surface area contributed by atoms with Crippen molar-refractivity contribution in [1.29, 1.82) is 0 Å². The third-order valence-electron chi connectivity index (χ3n) is 3.97. The smallest absolute Gasteiger partial charge is 0.315 e. The second-order valence-electron chi connectivity index (χ2n) is 6.45. The van der Waals surface area contributed by atoms with Gasteiger partial charge in [0.2, 0.25) is 5.91 Å². The van der Waals surface area contributed by atoms with Crippen LogP contribution in [0.4, 0.5) is 4.79 Å². The van der Waals surface area contributed by atoms with Gasteiger partial charge in [0.25, 0.3) is 0 Å². The third kappa shape index (κ3) is 5.85. The average molecular weight is 349 g/mol. The molecule has 0 fully saturated rings. The summed E-state index contributed by atoms with van der Waals surface area (Å²) >= 11 is 0. The standard InChI is InChI=1S/C18H27N3O4/c1-12(2)17(21-18(23)20-8-3-5-16(19)22)13-6-7-14-15(11-13)25-10-4-9-24-14/h6-7,11-12,17H,3-5,8-10H2,1-2H3,(H2,19,22)(H2,20,21,23)/t17-/m1/s1. The molecule has 0 spiro atoms. The Morgan fingerprint density at radius 3 is 2.60 bits per heavy atom. The predicted octanol–water partition coefficient (Wildman–Crippen LogP) is 2.11. The molecule has 7 nitrogen and oxygen atoms in total.